The first-order valence-corrected chi connectivity index (χ1v) is 5.81. The normalized spacial score (nSPS) is 10.6. The number of ether oxygens (including phenoxy) is 1. The van der Waals surface area contributed by atoms with Crippen molar-refractivity contribution in [2.45, 2.75) is 6.92 Å². The maximum Gasteiger partial charge on any atom is 0.244 e. The van der Waals surface area contributed by atoms with Gasteiger partial charge in [-0.2, -0.15) is 5.10 Å². The van der Waals surface area contributed by atoms with Gasteiger partial charge in [0, 0.05) is 24.6 Å². The number of carbonyl (C=O) groups is 1. The van der Waals surface area contributed by atoms with Crippen LogP contribution in [-0.2, 0) is 0 Å². The number of benzene rings is 1. The largest absolute Gasteiger partial charge is 0.439 e. The zero-order chi connectivity index (χ0) is 13.2. The van der Waals surface area contributed by atoms with Gasteiger partial charge in [0.15, 0.2) is 0 Å². The summed E-state index contributed by atoms with van der Waals surface area (Å²) in [5, 5.41) is 4.82. The summed E-state index contributed by atoms with van der Waals surface area (Å²) in [6, 6.07) is 11.1. The van der Waals surface area contributed by atoms with Crippen molar-refractivity contribution in [1.82, 2.24) is 14.8 Å². The second kappa shape index (κ2) is 4.53. The van der Waals surface area contributed by atoms with Crippen LogP contribution in [0.2, 0.25) is 0 Å². The van der Waals surface area contributed by atoms with Gasteiger partial charge in [-0.3, -0.25) is 4.79 Å². The number of fused-ring (bicyclic) bond motifs is 1. The van der Waals surface area contributed by atoms with E-state index in [2.05, 4.69) is 10.1 Å². The predicted octanol–water partition coefficient (Wildman–Crippen LogP) is 2.88. The molecule has 0 aliphatic heterocycles. The molecule has 2 aromatic heterocycles. The molecule has 0 aliphatic rings. The van der Waals surface area contributed by atoms with Crippen molar-refractivity contribution in [1.29, 1.82) is 0 Å². The van der Waals surface area contributed by atoms with Gasteiger partial charge in [0.25, 0.3) is 0 Å². The van der Waals surface area contributed by atoms with Gasteiger partial charge < -0.3 is 4.74 Å². The van der Waals surface area contributed by atoms with E-state index in [4.69, 9.17) is 4.74 Å². The summed E-state index contributed by atoms with van der Waals surface area (Å²) in [6.07, 6.45) is 3.25. The standard InChI is InChI=1S/C14H11N3O2/c1-10(18)17-13-7-14(15-8-11(13)9-16-17)19-12-5-3-2-4-6-12/h2-9H,1H3. The van der Waals surface area contributed by atoms with Crippen molar-refractivity contribution in [3.05, 3.63) is 48.8 Å². The minimum absolute atomic E-state index is 0.146. The molecule has 2 heterocycles. The molecule has 0 aliphatic carbocycles. The van der Waals surface area contributed by atoms with Crippen LogP contribution in [0.25, 0.3) is 10.9 Å². The maximum atomic E-state index is 11.4. The fourth-order valence-electron chi connectivity index (χ4n) is 1.82. The summed E-state index contributed by atoms with van der Waals surface area (Å²) in [5.41, 5.74) is 0.688. The Morgan fingerprint density at radius 1 is 1.21 bits per heavy atom. The van der Waals surface area contributed by atoms with Crippen LogP contribution in [-0.4, -0.2) is 20.7 Å². The Balaban J connectivity index is 2.01. The Hall–Kier alpha value is -2.69. The number of rotatable bonds is 2. The highest BCUT2D eigenvalue weighted by molar-refractivity contribution is 5.89. The maximum absolute atomic E-state index is 11.4. The second-order valence-electron chi connectivity index (χ2n) is 4.07. The SMILES string of the molecule is CC(=O)n1ncc2cnc(Oc3ccccc3)cc21. The number of hydrogen-bond donors (Lipinski definition) is 0. The monoisotopic (exact) mass is 253 g/mol. The molecule has 3 aromatic rings. The van der Waals surface area contributed by atoms with Crippen LogP contribution in [0.1, 0.15) is 11.7 Å². The van der Waals surface area contributed by atoms with E-state index in [0.29, 0.717) is 17.1 Å². The van der Waals surface area contributed by atoms with Gasteiger partial charge in [-0.1, -0.05) is 18.2 Å². The average molecular weight is 253 g/mol. The Morgan fingerprint density at radius 3 is 2.74 bits per heavy atom. The first-order valence-electron chi connectivity index (χ1n) is 5.81. The predicted molar refractivity (Wildman–Crippen MR) is 70.3 cm³/mol. The van der Waals surface area contributed by atoms with E-state index in [1.807, 2.05) is 30.3 Å². The fourth-order valence-corrected chi connectivity index (χ4v) is 1.82. The molecule has 19 heavy (non-hydrogen) atoms. The van der Waals surface area contributed by atoms with Crippen molar-refractivity contribution in [2.24, 2.45) is 0 Å². The third-order valence-electron chi connectivity index (χ3n) is 2.69. The summed E-state index contributed by atoms with van der Waals surface area (Å²) >= 11 is 0. The fraction of sp³-hybridized carbons (Fsp3) is 0.0714. The molecule has 0 N–H and O–H groups in total. The van der Waals surface area contributed by atoms with Crippen LogP contribution in [0.3, 0.4) is 0 Å². The number of carbonyl (C=O) groups excluding carboxylic acids is 1. The molecule has 5 heteroatoms. The summed E-state index contributed by atoms with van der Waals surface area (Å²) in [7, 11) is 0. The lowest BCUT2D eigenvalue weighted by Crippen LogP contribution is -2.06. The highest BCUT2D eigenvalue weighted by Crippen LogP contribution is 2.22. The summed E-state index contributed by atoms with van der Waals surface area (Å²) in [6.45, 7) is 1.46. The molecule has 0 radical (unpaired) electrons. The van der Waals surface area contributed by atoms with Crippen molar-refractivity contribution < 1.29 is 9.53 Å². The highest BCUT2D eigenvalue weighted by atomic mass is 16.5. The molecule has 3 rings (SSSR count). The molecule has 0 amide bonds. The third kappa shape index (κ3) is 2.18. The van der Waals surface area contributed by atoms with Gasteiger partial charge in [-0.05, 0) is 12.1 Å². The molecule has 1 aromatic carbocycles. The van der Waals surface area contributed by atoms with E-state index in [1.54, 1.807) is 18.5 Å². The molecule has 5 nitrogen and oxygen atoms in total. The van der Waals surface area contributed by atoms with Crippen molar-refractivity contribution in [2.75, 3.05) is 0 Å². The quantitative estimate of drug-likeness (QED) is 0.704. The van der Waals surface area contributed by atoms with Gasteiger partial charge >= 0.3 is 0 Å². The molecule has 0 fully saturated rings. The summed E-state index contributed by atoms with van der Waals surface area (Å²) in [5.74, 6) is 0.983. The summed E-state index contributed by atoms with van der Waals surface area (Å²) < 4.78 is 6.96. The minimum Gasteiger partial charge on any atom is -0.439 e. The van der Waals surface area contributed by atoms with E-state index < -0.39 is 0 Å². The number of aromatic nitrogens is 3. The highest BCUT2D eigenvalue weighted by Gasteiger charge is 2.08. The van der Waals surface area contributed by atoms with Crippen LogP contribution in [0, 0.1) is 0 Å². The van der Waals surface area contributed by atoms with E-state index in [9.17, 15) is 4.79 Å². The van der Waals surface area contributed by atoms with Crippen molar-refractivity contribution in [3.63, 3.8) is 0 Å². The topological polar surface area (TPSA) is 57.0 Å². The Labute approximate surface area is 109 Å². The van der Waals surface area contributed by atoms with E-state index in [-0.39, 0.29) is 5.91 Å². The average Bonchev–Trinajstić information content (AvgIpc) is 2.83. The van der Waals surface area contributed by atoms with Crippen molar-refractivity contribution in [3.8, 4) is 11.6 Å². The molecule has 0 saturated heterocycles. The molecule has 94 valence electrons. The number of hydrogen-bond acceptors (Lipinski definition) is 4. The van der Waals surface area contributed by atoms with Gasteiger partial charge in [0.05, 0.1) is 11.7 Å². The minimum atomic E-state index is -0.146. The summed E-state index contributed by atoms with van der Waals surface area (Å²) in [4.78, 5) is 15.6. The zero-order valence-corrected chi connectivity index (χ0v) is 10.3. The number of para-hydroxylation sites is 1. The molecular weight excluding hydrogens is 242 g/mol. The molecule has 0 atom stereocenters. The molecular formula is C14H11N3O2. The lowest BCUT2D eigenvalue weighted by Gasteiger charge is -2.04. The first-order chi connectivity index (χ1) is 9.24. The molecule has 0 saturated carbocycles. The second-order valence-corrected chi connectivity index (χ2v) is 4.07. The van der Waals surface area contributed by atoms with Crippen LogP contribution in [0.15, 0.2) is 48.8 Å². The molecule has 0 unspecified atom stereocenters. The Kier molecular flexibility index (Phi) is 2.72. The van der Waals surface area contributed by atoms with Crippen LogP contribution < -0.4 is 4.74 Å². The molecule has 0 bridgehead atoms. The number of nitrogens with zero attached hydrogens (tertiary/aromatic N) is 3. The zero-order valence-electron chi connectivity index (χ0n) is 10.3. The van der Waals surface area contributed by atoms with E-state index in [1.165, 1.54) is 11.6 Å². The third-order valence-corrected chi connectivity index (χ3v) is 2.69. The Bertz CT molecular complexity index is 735. The van der Waals surface area contributed by atoms with Crippen LogP contribution in [0.4, 0.5) is 0 Å². The smallest absolute Gasteiger partial charge is 0.244 e. The van der Waals surface area contributed by atoms with Crippen LogP contribution >= 0.6 is 0 Å². The molecule has 0 spiro atoms. The van der Waals surface area contributed by atoms with E-state index >= 15 is 0 Å². The first kappa shape index (κ1) is 11.4. The van der Waals surface area contributed by atoms with Gasteiger partial charge in [0.2, 0.25) is 11.8 Å². The van der Waals surface area contributed by atoms with Gasteiger partial charge in [0.1, 0.15) is 5.75 Å². The Morgan fingerprint density at radius 2 is 2.00 bits per heavy atom. The van der Waals surface area contributed by atoms with Gasteiger partial charge in [-0.15, -0.1) is 0 Å². The van der Waals surface area contributed by atoms with Crippen molar-refractivity contribution >= 4 is 16.8 Å². The lowest BCUT2D eigenvalue weighted by molar-refractivity contribution is 0.0927. The van der Waals surface area contributed by atoms with E-state index in [0.717, 1.165) is 5.39 Å². The number of pyridine rings is 1. The van der Waals surface area contributed by atoms with Gasteiger partial charge in [-0.25, -0.2) is 9.67 Å². The lowest BCUT2D eigenvalue weighted by atomic mass is 10.3. The van der Waals surface area contributed by atoms with Crippen LogP contribution in [0.5, 0.6) is 11.6 Å².